The fraction of sp³-hybridized carbons (Fsp3) is 0.538. The van der Waals surface area contributed by atoms with E-state index in [1.807, 2.05) is 0 Å². The van der Waals surface area contributed by atoms with Crippen LogP contribution in [0.5, 0.6) is 0 Å². The van der Waals surface area contributed by atoms with Gasteiger partial charge in [0.25, 0.3) is 0 Å². The van der Waals surface area contributed by atoms with Crippen LogP contribution in [-0.4, -0.2) is 6.54 Å². The molecule has 14 heavy (non-hydrogen) atoms. The van der Waals surface area contributed by atoms with Crippen molar-refractivity contribution in [2.24, 2.45) is 0 Å². The first-order valence-corrected chi connectivity index (χ1v) is 5.49. The average Bonchev–Trinajstić information content (AvgIpc) is 2.54. The molecular weight excluding hydrogens is 170 g/mol. The highest BCUT2D eigenvalue weighted by Crippen LogP contribution is 2.29. The first-order valence-electron chi connectivity index (χ1n) is 5.49. The number of hydrogen-bond acceptors (Lipinski definition) is 1. The second-order valence-electron chi connectivity index (χ2n) is 4.46. The van der Waals surface area contributed by atoms with Crippen molar-refractivity contribution in [3.8, 4) is 0 Å². The van der Waals surface area contributed by atoms with E-state index < -0.39 is 0 Å². The number of hydrogen-bond donors (Lipinski definition) is 1. The molecule has 1 heterocycles. The van der Waals surface area contributed by atoms with Crippen LogP contribution < -0.4 is 5.32 Å². The molecule has 0 radical (unpaired) electrons. The molecule has 0 saturated carbocycles. The molecule has 1 heteroatoms. The van der Waals surface area contributed by atoms with Crippen LogP contribution in [0, 0.1) is 20.8 Å². The Morgan fingerprint density at radius 1 is 1.14 bits per heavy atom. The maximum absolute atomic E-state index is 3.57. The van der Waals surface area contributed by atoms with Crippen LogP contribution in [0.4, 0.5) is 0 Å². The highest BCUT2D eigenvalue weighted by molar-refractivity contribution is 5.39. The lowest BCUT2D eigenvalue weighted by atomic mass is 9.93. The summed E-state index contributed by atoms with van der Waals surface area (Å²) in [5.41, 5.74) is 5.80. The Kier molecular flexibility index (Phi) is 2.60. The lowest BCUT2D eigenvalue weighted by Gasteiger charge is -2.17. The highest BCUT2D eigenvalue weighted by atomic mass is 14.9. The molecule has 1 nitrogen and oxygen atoms in total. The summed E-state index contributed by atoms with van der Waals surface area (Å²) in [7, 11) is 0. The maximum atomic E-state index is 3.57. The van der Waals surface area contributed by atoms with E-state index >= 15 is 0 Å². The molecule has 0 spiro atoms. The van der Waals surface area contributed by atoms with Crippen molar-refractivity contribution in [1.82, 2.24) is 5.32 Å². The number of aryl methyl sites for hydroxylation is 3. The van der Waals surface area contributed by atoms with Crippen LogP contribution in [-0.2, 0) is 0 Å². The van der Waals surface area contributed by atoms with Gasteiger partial charge < -0.3 is 5.32 Å². The van der Waals surface area contributed by atoms with Gasteiger partial charge in [-0.2, -0.15) is 0 Å². The van der Waals surface area contributed by atoms with Gasteiger partial charge in [-0.15, -0.1) is 0 Å². The van der Waals surface area contributed by atoms with E-state index in [0.29, 0.717) is 6.04 Å². The van der Waals surface area contributed by atoms with Gasteiger partial charge in [0.05, 0.1) is 0 Å². The summed E-state index contributed by atoms with van der Waals surface area (Å²) in [4.78, 5) is 0. The molecule has 0 amide bonds. The van der Waals surface area contributed by atoms with E-state index in [1.165, 1.54) is 41.6 Å². The van der Waals surface area contributed by atoms with E-state index in [2.05, 4.69) is 38.2 Å². The highest BCUT2D eigenvalue weighted by Gasteiger charge is 2.19. The molecule has 1 atom stereocenters. The zero-order valence-corrected chi connectivity index (χ0v) is 9.35. The molecule has 1 unspecified atom stereocenters. The topological polar surface area (TPSA) is 12.0 Å². The Balaban J connectivity index is 2.40. The Morgan fingerprint density at radius 3 is 2.29 bits per heavy atom. The molecule has 0 aliphatic carbocycles. The van der Waals surface area contributed by atoms with Gasteiger partial charge in [0.1, 0.15) is 0 Å². The van der Waals surface area contributed by atoms with E-state index in [9.17, 15) is 0 Å². The van der Waals surface area contributed by atoms with Crippen molar-refractivity contribution in [3.63, 3.8) is 0 Å². The quantitative estimate of drug-likeness (QED) is 0.716. The van der Waals surface area contributed by atoms with Gasteiger partial charge in [-0.3, -0.25) is 0 Å². The summed E-state index contributed by atoms with van der Waals surface area (Å²) >= 11 is 0. The average molecular weight is 189 g/mol. The van der Waals surface area contributed by atoms with Gasteiger partial charge in [0, 0.05) is 6.04 Å². The molecule has 1 saturated heterocycles. The van der Waals surface area contributed by atoms with Gasteiger partial charge >= 0.3 is 0 Å². The summed E-state index contributed by atoms with van der Waals surface area (Å²) in [6.45, 7) is 7.81. The molecule has 0 aromatic heterocycles. The minimum Gasteiger partial charge on any atom is -0.310 e. The molecule has 1 aromatic carbocycles. The summed E-state index contributed by atoms with van der Waals surface area (Å²) in [5.74, 6) is 0. The Morgan fingerprint density at radius 2 is 1.79 bits per heavy atom. The zero-order chi connectivity index (χ0) is 10.1. The third kappa shape index (κ3) is 1.69. The predicted octanol–water partition coefficient (Wildman–Crippen LogP) is 3.04. The standard InChI is InChI=1S/C13H19N/c1-9-7-10(2)13(11(3)8-9)12-5-4-6-14-12/h7-8,12,14H,4-6H2,1-3H3. The number of nitrogens with one attached hydrogen (secondary N) is 1. The van der Waals surface area contributed by atoms with E-state index in [-0.39, 0.29) is 0 Å². The van der Waals surface area contributed by atoms with Crippen LogP contribution in [0.2, 0.25) is 0 Å². The second kappa shape index (κ2) is 3.74. The lowest BCUT2D eigenvalue weighted by molar-refractivity contribution is 0.639. The Labute approximate surface area is 86.5 Å². The SMILES string of the molecule is Cc1cc(C)c(C2CCCN2)c(C)c1. The minimum atomic E-state index is 0.607. The third-order valence-electron chi connectivity index (χ3n) is 3.15. The maximum Gasteiger partial charge on any atom is 0.0325 e. The van der Waals surface area contributed by atoms with E-state index in [0.717, 1.165) is 0 Å². The summed E-state index contributed by atoms with van der Waals surface area (Å²) in [5, 5.41) is 3.57. The number of rotatable bonds is 1. The molecule has 76 valence electrons. The second-order valence-corrected chi connectivity index (χ2v) is 4.46. The van der Waals surface area contributed by atoms with E-state index in [1.54, 1.807) is 0 Å². The van der Waals surface area contributed by atoms with Gasteiger partial charge in [-0.05, 0) is 56.8 Å². The van der Waals surface area contributed by atoms with Gasteiger partial charge in [-0.1, -0.05) is 17.7 Å². The summed E-state index contributed by atoms with van der Waals surface area (Å²) < 4.78 is 0. The smallest absolute Gasteiger partial charge is 0.0325 e. The molecule has 0 bridgehead atoms. The first kappa shape index (κ1) is 9.72. The van der Waals surface area contributed by atoms with Crippen molar-refractivity contribution in [2.75, 3.05) is 6.54 Å². The summed E-state index contributed by atoms with van der Waals surface area (Å²) in [6, 6.07) is 5.20. The number of benzene rings is 1. The molecular formula is C13H19N. The van der Waals surface area contributed by atoms with Crippen molar-refractivity contribution >= 4 is 0 Å². The minimum absolute atomic E-state index is 0.607. The molecule has 1 aromatic rings. The third-order valence-corrected chi connectivity index (χ3v) is 3.15. The Hall–Kier alpha value is -0.820. The van der Waals surface area contributed by atoms with Crippen LogP contribution in [0.1, 0.15) is 41.1 Å². The lowest BCUT2D eigenvalue weighted by Crippen LogP contribution is -2.15. The van der Waals surface area contributed by atoms with Gasteiger partial charge in [0.15, 0.2) is 0 Å². The van der Waals surface area contributed by atoms with Crippen molar-refractivity contribution in [2.45, 2.75) is 39.7 Å². The largest absolute Gasteiger partial charge is 0.310 e. The molecule has 1 fully saturated rings. The molecule has 2 rings (SSSR count). The first-order chi connectivity index (χ1) is 6.68. The predicted molar refractivity (Wildman–Crippen MR) is 60.6 cm³/mol. The molecule has 1 aliphatic rings. The monoisotopic (exact) mass is 189 g/mol. The van der Waals surface area contributed by atoms with Crippen LogP contribution >= 0.6 is 0 Å². The fourth-order valence-corrected chi connectivity index (χ4v) is 2.67. The molecule has 1 N–H and O–H groups in total. The van der Waals surface area contributed by atoms with Crippen LogP contribution in [0.25, 0.3) is 0 Å². The van der Waals surface area contributed by atoms with Gasteiger partial charge in [0.2, 0.25) is 0 Å². The Bertz CT molecular complexity index is 312. The summed E-state index contributed by atoms with van der Waals surface area (Å²) in [6.07, 6.45) is 2.61. The zero-order valence-electron chi connectivity index (χ0n) is 9.35. The van der Waals surface area contributed by atoms with Crippen molar-refractivity contribution in [1.29, 1.82) is 0 Å². The van der Waals surface area contributed by atoms with Crippen molar-refractivity contribution in [3.05, 3.63) is 34.4 Å². The fourth-order valence-electron chi connectivity index (χ4n) is 2.67. The molecule has 1 aliphatic heterocycles. The van der Waals surface area contributed by atoms with Crippen molar-refractivity contribution < 1.29 is 0 Å². The normalized spacial score (nSPS) is 21.5. The van der Waals surface area contributed by atoms with Gasteiger partial charge in [-0.25, -0.2) is 0 Å². The van der Waals surface area contributed by atoms with Crippen LogP contribution in [0.3, 0.4) is 0 Å². The van der Waals surface area contributed by atoms with E-state index in [4.69, 9.17) is 0 Å². The van der Waals surface area contributed by atoms with Crippen LogP contribution in [0.15, 0.2) is 12.1 Å².